The van der Waals surface area contributed by atoms with Gasteiger partial charge in [-0.05, 0) is 61.6 Å². The Morgan fingerprint density at radius 3 is 2.66 bits per heavy atom. The van der Waals surface area contributed by atoms with Gasteiger partial charge in [0.05, 0.1) is 18.1 Å². The van der Waals surface area contributed by atoms with Crippen molar-refractivity contribution in [3.63, 3.8) is 0 Å². The fraction of sp³-hybridized carbons (Fsp3) is 0.375. The molecule has 170 valence electrons. The van der Waals surface area contributed by atoms with Crippen LogP contribution in [0.3, 0.4) is 0 Å². The average Bonchev–Trinajstić information content (AvgIpc) is 3.25. The van der Waals surface area contributed by atoms with Crippen LogP contribution in [-0.4, -0.2) is 38.9 Å². The van der Waals surface area contributed by atoms with E-state index in [4.69, 9.17) is 21.3 Å². The Labute approximate surface area is 198 Å². The summed E-state index contributed by atoms with van der Waals surface area (Å²) in [5.41, 5.74) is 4.95. The molecule has 32 heavy (non-hydrogen) atoms. The maximum absolute atomic E-state index is 13.3. The van der Waals surface area contributed by atoms with E-state index in [0.29, 0.717) is 36.7 Å². The van der Waals surface area contributed by atoms with Crippen LogP contribution in [0.15, 0.2) is 46.7 Å². The monoisotopic (exact) mass is 490 g/mol. The summed E-state index contributed by atoms with van der Waals surface area (Å²) in [5.74, 6) is 0.341. The van der Waals surface area contributed by atoms with Crippen LogP contribution in [0.5, 0.6) is 5.75 Å². The van der Waals surface area contributed by atoms with Gasteiger partial charge in [-0.3, -0.25) is 0 Å². The van der Waals surface area contributed by atoms with Crippen LogP contribution in [0.2, 0.25) is 5.02 Å². The molecule has 2 aromatic carbocycles. The highest BCUT2D eigenvalue weighted by molar-refractivity contribution is 7.92. The lowest BCUT2D eigenvalue weighted by Crippen LogP contribution is -2.39. The third kappa shape index (κ3) is 4.65. The first kappa shape index (κ1) is 23.1. The lowest BCUT2D eigenvalue weighted by atomic mass is 10.0. The molecule has 0 atom stereocenters. The average molecular weight is 491 g/mol. The third-order valence-corrected chi connectivity index (χ3v) is 9.68. The number of hydrogen-bond acceptors (Lipinski definition) is 6. The number of hydrogen-bond donors (Lipinski definition) is 0. The number of ether oxygens (including phenoxy) is 1. The summed E-state index contributed by atoms with van der Waals surface area (Å²) >= 11 is 7.69. The highest BCUT2D eigenvalue weighted by atomic mass is 35.5. The second-order valence-electron chi connectivity index (χ2n) is 8.18. The van der Waals surface area contributed by atoms with E-state index in [9.17, 15) is 8.42 Å². The lowest BCUT2D eigenvalue weighted by Gasteiger charge is -2.31. The van der Waals surface area contributed by atoms with Crippen LogP contribution in [0, 0.1) is 13.8 Å². The Balaban J connectivity index is 1.44. The standard InChI is InChI=1S/C24H27ClN2O3S2/c1-16-5-4-6-18(17(16)2)13-20-15-31-24(26-20)27-11-9-21(10-12-27)32(28,29)23-14-19(25)7-8-22(23)30-3/h4-8,14-15,21H,9-13H2,1-3H3. The molecule has 2 heterocycles. The first-order valence-corrected chi connectivity index (χ1v) is 13.4. The third-order valence-electron chi connectivity index (χ3n) is 6.21. The molecule has 1 saturated heterocycles. The van der Waals surface area contributed by atoms with Gasteiger partial charge in [-0.2, -0.15) is 0 Å². The summed E-state index contributed by atoms with van der Waals surface area (Å²) in [4.78, 5) is 7.21. The summed E-state index contributed by atoms with van der Waals surface area (Å²) < 4.78 is 31.8. The molecule has 1 aliphatic heterocycles. The number of piperidine rings is 1. The predicted octanol–water partition coefficient (Wildman–Crippen LogP) is 5.46. The number of thiazole rings is 1. The molecule has 1 aromatic heterocycles. The van der Waals surface area contributed by atoms with E-state index in [1.54, 1.807) is 23.5 Å². The fourth-order valence-corrected chi connectivity index (χ4v) is 7.16. The molecule has 0 amide bonds. The van der Waals surface area contributed by atoms with E-state index in [1.807, 2.05) is 0 Å². The zero-order valence-corrected chi connectivity index (χ0v) is 20.9. The Morgan fingerprint density at radius 1 is 1.19 bits per heavy atom. The molecule has 1 aliphatic rings. The Bertz CT molecular complexity index is 1220. The van der Waals surface area contributed by atoms with Gasteiger partial charge >= 0.3 is 0 Å². The number of methoxy groups -OCH3 is 1. The van der Waals surface area contributed by atoms with E-state index in [1.165, 1.54) is 29.9 Å². The molecule has 0 unspecified atom stereocenters. The highest BCUT2D eigenvalue weighted by Gasteiger charge is 2.34. The predicted molar refractivity (Wildman–Crippen MR) is 131 cm³/mol. The van der Waals surface area contributed by atoms with Gasteiger partial charge in [-0.1, -0.05) is 29.8 Å². The molecular weight excluding hydrogens is 464 g/mol. The van der Waals surface area contributed by atoms with Crippen molar-refractivity contribution in [3.8, 4) is 5.75 Å². The number of halogens is 1. The normalized spacial score (nSPS) is 15.2. The van der Waals surface area contributed by atoms with Crippen LogP contribution >= 0.6 is 22.9 Å². The molecule has 0 saturated carbocycles. The van der Waals surface area contributed by atoms with Crippen LogP contribution in [0.4, 0.5) is 5.13 Å². The molecule has 0 bridgehead atoms. The van der Waals surface area contributed by atoms with E-state index in [0.717, 1.165) is 17.2 Å². The molecule has 0 aliphatic carbocycles. The maximum Gasteiger partial charge on any atom is 0.185 e. The van der Waals surface area contributed by atoms with Gasteiger partial charge in [0.1, 0.15) is 10.6 Å². The molecule has 5 nitrogen and oxygen atoms in total. The summed E-state index contributed by atoms with van der Waals surface area (Å²) in [5, 5.41) is 3.00. The largest absolute Gasteiger partial charge is 0.495 e. The fourth-order valence-electron chi connectivity index (χ4n) is 4.13. The zero-order valence-electron chi connectivity index (χ0n) is 18.5. The minimum absolute atomic E-state index is 0.177. The quantitative estimate of drug-likeness (QED) is 0.459. The molecule has 0 spiro atoms. The number of aryl methyl sites for hydroxylation is 1. The molecular formula is C24H27ClN2O3S2. The van der Waals surface area contributed by atoms with Crippen molar-refractivity contribution >= 4 is 37.9 Å². The van der Waals surface area contributed by atoms with Gasteiger partial charge in [0.25, 0.3) is 0 Å². The van der Waals surface area contributed by atoms with Crippen LogP contribution in [0.1, 0.15) is 35.2 Å². The van der Waals surface area contributed by atoms with Crippen molar-refractivity contribution in [1.82, 2.24) is 4.98 Å². The van der Waals surface area contributed by atoms with Crippen LogP contribution < -0.4 is 9.64 Å². The van der Waals surface area contributed by atoms with Gasteiger partial charge in [0, 0.05) is 29.9 Å². The van der Waals surface area contributed by atoms with Crippen molar-refractivity contribution in [2.75, 3.05) is 25.1 Å². The van der Waals surface area contributed by atoms with Gasteiger partial charge in [0.2, 0.25) is 0 Å². The smallest absolute Gasteiger partial charge is 0.185 e. The van der Waals surface area contributed by atoms with E-state index in [-0.39, 0.29) is 4.90 Å². The second kappa shape index (κ2) is 9.41. The minimum Gasteiger partial charge on any atom is -0.495 e. The first-order valence-electron chi connectivity index (χ1n) is 10.6. The first-order chi connectivity index (χ1) is 15.3. The number of anilines is 1. The molecule has 8 heteroatoms. The Morgan fingerprint density at radius 2 is 1.94 bits per heavy atom. The van der Waals surface area contributed by atoms with E-state index in [2.05, 4.69) is 42.3 Å². The van der Waals surface area contributed by atoms with Crippen LogP contribution in [0.25, 0.3) is 0 Å². The second-order valence-corrected chi connectivity index (χ2v) is 11.7. The number of rotatable bonds is 6. The molecule has 4 rings (SSSR count). The van der Waals surface area contributed by atoms with Crippen molar-refractivity contribution in [3.05, 3.63) is 69.2 Å². The van der Waals surface area contributed by atoms with Crippen LogP contribution in [-0.2, 0) is 16.3 Å². The molecule has 3 aromatic rings. The summed E-state index contributed by atoms with van der Waals surface area (Å²) in [6, 6.07) is 11.1. The van der Waals surface area contributed by atoms with Gasteiger partial charge in [-0.15, -0.1) is 11.3 Å². The van der Waals surface area contributed by atoms with Crippen molar-refractivity contribution in [2.45, 2.75) is 43.3 Å². The number of sulfone groups is 1. The topological polar surface area (TPSA) is 59.5 Å². The minimum atomic E-state index is -3.53. The highest BCUT2D eigenvalue weighted by Crippen LogP contribution is 2.34. The molecule has 1 fully saturated rings. The maximum atomic E-state index is 13.3. The van der Waals surface area contributed by atoms with Crippen molar-refractivity contribution < 1.29 is 13.2 Å². The van der Waals surface area contributed by atoms with Gasteiger partial charge in [0.15, 0.2) is 15.0 Å². The summed E-state index contributed by atoms with van der Waals surface area (Å²) in [6.07, 6.45) is 1.90. The zero-order chi connectivity index (χ0) is 22.9. The lowest BCUT2D eigenvalue weighted by molar-refractivity contribution is 0.402. The van der Waals surface area contributed by atoms with E-state index < -0.39 is 15.1 Å². The summed E-state index contributed by atoms with van der Waals surface area (Å²) in [6.45, 7) is 5.59. The van der Waals surface area contributed by atoms with Crippen molar-refractivity contribution in [2.24, 2.45) is 0 Å². The number of benzene rings is 2. The van der Waals surface area contributed by atoms with Gasteiger partial charge in [-0.25, -0.2) is 13.4 Å². The van der Waals surface area contributed by atoms with E-state index >= 15 is 0 Å². The molecule has 0 radical (unpaired) electrons. The van der Waals surface area contributed by atoms with Crippen molar-refractivity contribution in [1.29, 1.82) is 0 Å². The Kier molecular flexibility index (Phi) is 6.79. The van der Waals surface area contributed by atoms with Gasteiger partial charge < -0.3 is 9.64 Å². The number of nitrogens with zero attached hydrogens (tertiary/aromatic N) is 2. The molecule has 0 N–H and O–H groups in total. The summed E-state index contributed by atoms with van der Waals surface area (Å²) in [7, 11) is -2.06. The SMILES string of the molecule is COc1ccc(Cl)cc1S(=O)(=O)C1CCN(c2nc(Cc3cccc(C)c3C)cs2)CC1. The number of aromatic nitrogens is 1. The Hall–Kier alpha value is -2.09.